The van der Waals surface area contributed by atoms with E-state index in [4.69, 9.17) is 103 Å². The predicted octanol–water partition coefficient (Wildman–Crippen LogP) is 27.7. The number of methoxy groups -OCH3 is 3. The highest BCUT2D eigenvalue weighted by Crippen LogP contribution is 2.42. The molecule has 0 radical (unpaired) electrons. The predicted molar refractivity (Wildman–Crippen MR) is 549 cm³/mol. The minimum absolute atomic E-state index is 0.00926. The number of carbonyl (C=O) groups is 10. The van der Waals surface area contributed by atoms with Gasteiger partial charge < -0.3 is 29.7 Å². The van der Waals surface area contributed by atoms with E-state index in [0.717, 1.165) is 114 Å². The Hall–Kier alpha value is -7.60. The first kappa shape index (κ1) is 111. The number of nitrogens with one attached hydrogen (secondary N) is 1. The largest absolute Gasteiger partial charge is 0.481 e. The van der Waals surface area contributed by atoms with Gasteiger partial charge in [0.1, 0.15) is 4.16 Å². The Morgan fingerprint density at radius 1 is 0.400 bits per heavy atom. The molecule has 1 amide bonds. The highest BCUT2D eigenvalue weighted by atomic mass is 79.9. The number of carbonyl (C=O) groups excluding carboxylic acids is 8. The lowest BCUT2D eigenvalue weighted by Gasteiger charge is -2.10. The van der Waals surface area contributed by atoms with E-state index in [-0.39, 0.29) is 87.9 Å². The van der Waals surface area contributed by atoms with Gasteiger partial charge in [0.05, 0.1) is 160 Å². The Morgan fingerprint density at radius 2 is 0.762 bits per heavy atom. The fourth-order valence-corrected chi connectivity index (χ4v) is 20.8. The molecule has 0 aliphatic carbocycles. The standard InChI is InChI=1S/C26H20Cl2N2O3S2.C13H12ClNO2S2.C12H12BrClO3S.C12H10ClNO2S2.C12H13ClO3S.C9H8BrClO.C9H9ClO/c1-15-2-8-19(20(27)10-15)25-26(35-14-29-25)34-13-23(31)30-22-9-7-18(12-21(22)28)17-5-3-16(4-6-17)11-24(32)33;1-8-3-4-9(10(14)5-8)12-13(19-7-15-12)18-6-11(16)17-2;1-7-3-4-8(9(14)5-7)11(16)12(13)18-6-10(15)17-2;1-7-2-3-8(9(13)4-7)11-12(18-6-14-11)17-5-10(15)16;1-8-3-4-9(10(13)5-8)11(14)6-17-7-12(15)16-2;1-6-2-3-7(8(11)4-6)9(12)5-10;1-6-3-4-8(7(2)11)9(10)5-6/h2-10,12,14H,11,13H2,1H3,(H,30,31)(H,32,33);3-5,7H,6H2,1-2H3;3-5,12H,6H2,1-2H3;2-4,6H,5H2,1H3,(H,15,16);3-5H,6-7H2,1-2H3;2-4H,5H2,1H3;3-5H,1-2H3. The number of benzene rings is 9. The fourth-order valence-electron chi connectivity index (χ4n) is 10.7. The molecule has 684 valence electrons. The molecule has 3 heterocycles. The van der Waals surface area contributed by atoms with Crippen molar-refractivity contribution < 1.29 is 72.4 Å². The molecule has 9 aromatic carbocycles. The number of anilines is 1. The van der Waals surface area contributed by atoms with E-state index in [0.29, 0.717) is 73.5 Å². The maximum atomic E-state index is 12.6. The number of amides is 1. The number of aromatic nitrogens is 3. The molecule has 0 aliphatic rings. The van der Waals surface area contributed by atoms with E-state index in [9.17, 15) is 47.9 Å². The number of aryl methyl sites for hydroxylation is 7. The van der Waals surface area contributed by atoms with Gasteiger partial charge in [-0.3, -0.25) is 47.9 Å². The number of esters is 3. The third kappa shape index (κ3) is 37.3. The molecule has 0 bridgehead atoms. The van der Waals surface area contributed by atoms with Gasteiger partial charge in [-0.15, -0.1) is 92.8 Å². The van der Waals surface area contributed by atoms with Crippen molar-refractivity contribution in [3.05, 3.63) is 293 Å². The molecule has 130 heavy (non-hydrogen) atoms. The quantitative estimate of drug-likeness (QED) is 0.0129. The van der Waals surface area contributed by atoms with Gasteiger partial charge in [0.2, 0.25) is 5.91 Å². The zero-order valence-electron chi connectivity index (χ0n) is 71.2. The van der Waals surface area contributed by atoms with E-state index < -0.39 is 16.1 Å². The number of thioether (sulfide) groups is 5. The summed E-state index contributed by atoms with van der Waals surface area (Å²) < 4.78 is 15.9. The molecule has 1 unspecified atom stereocenters. The Balaban J connectivity index is 0.000000242. The van der Waals surface area contributed by atoms with Crippen molar-refractivity contribution >= 4 is 282 Å². The van der Waals surface area contributed by atoms with Crippen LogP contribution >= 0.6 is 217 Å². The van der Waals surface area contributed by atoms with Crippen LogP contribution in [0.15, 0.2) is 199 Å². The van der Waals surface area contributed by atoms with Crippen molar-refractivity contribution in [1.82, 2.24) is 15.0 Å². The first-order valence-electron chi connectivity index (χ1n) is 38.1. The summed E-state index contributed by atoms with van der Waals surface area (Å²) in [6.45, 7) is 15.1. The third-order valence-electron chi connectivity index (χ3n) is 17.2. The number of nitrogens with zero attached hydrogens (tertiary/aromatic N) is 3. The molecule has 0 saturated heterocycles. The number of aliphatic carboxylic acids is 2. The monoisotopic (exact) mass is 2190 g/mol. The minimum Gasteiger partial charge on any atom is -0.481 e. The van der Waals surface area contributed by atoms with E-state index in [2.05, 4.69) is 66.3 Å². The first-order valence-corrected chi connectivity index (χ1v) is 51.0. The number of ether oxygens (including phenoxy) is 3. The van der Waals surface area contributed by atoms with Crippen LogP contribution in [0.2, 0.25) is 40.2 Å². The van der Waals surface area contributed by atoms with Crippen LogP contribution in [-0.2, 0) is 49.4 Å². The van der Waals surface area contributed by atoms with Crippen molar-refractivity contribution in [1.29, 1.82) is 0 Å². The molecular weight excluding hydrogens is 2110 g/mol. The number of halogens is 10. The van der Waals surface area contributed by atoms with Gasteiger partial charge in [0.25, 0.3) is 0 Å². The summed E-state index contributed by atoms with van der Waals surface area (Å²) in [5.74, 6) is -2.06. The summed E-state index contributed by atoms with van der Waals surface area (Å²) in [5, 5.41) is 25.1. The lowest BCUT2D eigenvalue weighted by Crippen LogP contribution is -2.14. The van der Waals surface area contributed by atoms with E-state index in [1.807, 2.05) is 146 Å². The summed E-state index contributed by atoms with van der Waals surface area (Å²) in [6.07, 6.45) is -0.0227. The molecule has 1 atom stereocenters. The van der Waals surface area contributed by atoms with Crippen LogP contribution in [0.3, 0.4) is 0 Å². The zero-order valence-corrected chi connectivity index (χ0v) is 87.0. The van der Waals surface area contributed by atoms with Gasteiger partial charge in [-0.25, -0.2) is 15.0 Å². The first-order chi connectivity index (χ1) is 61.7. The highest BCUT2D eigenvalue weighted by molar-refractivity contribution is 9.11. The lowest BCUT2D eigenvalue weighted by atomic mass is 10.0. The SMILES string of the molecule is CC(=O)c1ccc(C)cc1Cl.COC(=O)CSC(Br)C(=O)c1ccc(C)cc1Cl.COC(=O)CSCC(=O)c1ccc(C)cc1Cl.COC(=O)CSc1scnc1-c1ccc(C)cc1Cl.Cc1ccc(-c2ncsc2SCC(=O)Nc2ccc(-c3ccc(CC(=O)O)cc3)cc2Cl)c(Cl)c1.Cc1ccc(-c2ncsc2SCC(=O)O)c(Cl)c1.Cc1ccc(C(=O)CBr)c(Cl)c1. The highest BCUT2D eigenvalue weighted by Gasteiger charge is 2.23. The Morgan fingerprint density at radius 3 is 1.14 bits per heavy atom. The number of alkyl halides is 2. The number of thiazole rings is 3. The van der Waals surface area contributed by atoms with Gasteiger partial charge in [-0.05, 0) is 190 Å². The van der Waals surface area contributed by atoms with Crippen molar-refractivity contribution in [3.63, 3.8) is 0 Å². The second-order valence-electron chi connectivity index (χ2n) is 27.4. The number of ketones is 4. The Labute approximate surface area is 843 Å². The van der Waals surface area contributed by atoms with Crippen LogP contribution in [-0.4, -0.2) is 149 Å². The molecule has 12 rings (SSSR count). The number of rotatable bonds is 29. The van der Waals surface area contributed by atoms with Crippen LogP contribution < -0.4 is 5.32 Å². The average Bonchev–Trinajstić information content (AvgIpc) is 0.867. The smallest absolute Gasteiger partial charge is 0.316 e. The van der Waals surface area contributed by atoms with Crippen molar-refractivity contribution in [3.8, 4) is 44.9 Å². The topological polar surface area (TPSA) is 290 Å². The zero-order chi connectivity index (χ0) is 96.0. The average molecular weight is 2200 g/mol. The second-order valence-corrected chi connectivity index (χ2v) is 41.1. The van der Waals surface area contributed by atoms with Gasteiger partial charge in [0, 0.05) is 38.9 Å². The van der Waals surface area contributed by atoms with Gasteiger partial charge in [0.15, 0.2) is 23.1 Å². The van der Waals surface area contributed by atoms with E-state index in [1.54, 1.807) is 89.3 Å². The maximum Gasteiger partial charge on any atom is 0.316 e. The summed E-state index contributed by atoms with van der Waals surface area (Å²) >= 11 is 66.1. The van der Waals surface area contributed by atoms with Gasteiger partial charge in [-0.2, -0.15) is 0 Å². The number of Topliss-reactive ketones (excluding diaryl/α,β-unsaturated/α-hetero) is 4. The molecule has 0 spiro atoms. The summed E-state index contributed by atoms with van der Waals surface area (Å²) in [5.41, 5.74) is 22.7. The van der Waals surface area contributed by atoms with E-state index >= 15 is 0 Å². The maximum absolute atomic E-state index is 12.6. The molecule has 19 nitrogen and oxygen atoms in total. The van der Waals surface area contributed by atoms with Gasteiger partial charge in [-0.1, -0.05) is 216 Å². The number of hydrogen-bond acceptors (Lipinski definition) is 24. The van der Waals surface area contributed by atoms with E-state index in [1.165, 1.54) is 109 Å². The van der Waals surface area contributed by atoms with Crippen molar-refractivity contribution in [2.75, 3.05) is 66.5 Å². The summed E-state index contributed by atoms with van der Waals surface area (Å²) in [4.78, 5) is 126. The molecule has 0 saturated carbocycles. The molecular formula is C93H84Br2Cl8N4O15S8. The molecule has 37 heteroatoms. The number of carboxylic acid groups (broad SMARTS) is 2. The molecule has 0 fully saturated rings. The molecule has 3 N–H and O–H groups in total. The van der Waals surface area contributed by atoms with Crippen LogP contribution in [0.5, 0.6) is 0 Å². The number of hydrogen-bond donors (Lipinski definition) is 3. The lowest BCUT2D eigenvalue weighted by molar-refractivity contribution is -0.138. The van der Waals surface area contributed by atoms with Gasteiger partial charge >= 0.3 is 29.8 Å². The summed E-state index contributed by atoms with van der Waals surface area (Å²) in [6, 6.07) is 51.5. The van der Waals surface area contributed by atoms with Crippen LogP contribution in [0.4, 0.5) is 5.69 Å². The number of carboxylic acids is 2. The minimum atomic E-state index is -0.871. The van der Waals surface area contributed by atoms with Crippen LogP contribution in [0.25, 0.3) is 44.9 Å². The molecule has 12 aromatic rings. The van der Waals surface area contributed by atoms with Crippen LogP contribution in [0, 0.1) is 48.5 Å². The Bertz CT molecular complexity index is 5990. The normalized spacial score (nSPS) is 10.6. The fraction of sp³-hybridized carbons (Fsp3) is 0.215. The molecule has 0 aliphatic heterocycles. The van der Waals surface area contributed by atoms with Crippen LogP contribution in [0.1, 0.15) is 92.9 Å². The van der Waals surface area contributed by atoms with Crippen molar-refractivity contribution in [2.24, 2.45) is 0 Å². The third-order valence-corrected chi connectivity index (χ3v) is 29.5. The Kier molecular flexibility index (Phi) is 48.9. The summed E-state index contributed by atoms with van der Waals surface area (Å²) in [7, 11) is 4.01. The molecule has 3 aromatic heterocycles. The second kappa shape index (κ2) is 57.2. The van der Waals surface area contributed by atoms with Crippen molar-refractivity contribution in [2.45, 2.75) is 78.6 Å².